The average Bonchev–Trinajstić information content (AvgIpc) is 1.97. The Kier molecular flexibility index (Phi) is 7.33. The summed E-state index contributed by atoms with van der Waals surface area (Å²) in [5.41, 5.74) is 0. The molecule has 4 heteroatoms. The van der Waals surface area contributed by atoms with Gasteiger partial charge >= 0.3 is 0 Å². The van der Waals surface area contributed by atoms with Crippen molar-refractivity contribution in [3.63, 3.8) is 0 Å². The lowest BCUT2D eigenvalue weighted by Crippen LogP contribution is -2.03. The normalized spacial score (nSPS) is 16.3. The summed E-state index contributed by atoms with van der Waals surface area (Å²) in [4.78, 5) is 0. The first-order valence-corrected chi connectivity index (χ1v) is 5.85. The molecule has 68 valence electrons. The van der Waals surface area contributed by atoms with E-state index >= 15 is 0 Å². The third-order valence-corrected chi connectivity index (χ3v) is 2.61. The van der Waals surface area contributed by atoms with E-state index in [9.17, 15) is 4.21 Å². The van der Waals surface area contributed by atoms with E-state index in [1.54, 1.807) is 7.11 Å². The molecule has 0 aromatic carbocycles. The zero-order valence-electron chi connectivity index (χ0n) is 7.01. The number of methoxy groups -OCH3 is 1. The SMILES string of the molecule is COCCC(C)CCS(=O)Cl. The molecule has 0 spiro atoms. The summed E-state index contributed by atoms with van der Waals surface area (Å²) < 4.78 is 15.4. The summed E-state index contributed by atoms with van der Waals surface area (Å²) >= 11 is 0. The van der Waals surface area contributed by atoms with Crippen molar-refractivity contribution in [2.24, 2.45) is 5.92 Å². The van der Waals surface area contributed by atoms with Crippen LogP contribution in [0.25, 0.3) is 0 Å². The standard InChI is InChI=1S/C7H15ClO2S/c1-7(3-5-10-2)4-6-11(8)9/h7H,3-6H2,1-2H3. The van der Waals surface area contributed by atoms with E-state index in [1.807, 2.05) is 0 Å². The quantitative estimate of drug-likeness (QED) is 0.610. The highest BCUT2D eigenvalue weighted by atomic mass is 35.7. The molecule has 0 radical (unpaired) electrons. The van der Waals surface area contributed by atoms with Crippen LogP contribution in [0.5, 0.6) is 0 Å². The van der Waals surface area contributed by atoms with Crippen LogP contribution in [0, 0.1) is 5.92 Å². The second kappa shape index (κ2) is 7.07. The molecule has 0 rings (SSSR count). The first kappa shape index (κ1) is 11.4. The summed E-state index contributed by atoms with van der Waals surface area (Å²) in [6, 6.07) is 0. The molecule has 0 N–H and O–H groups in total. The summed E-state index contributed by atoms with van der Waals surface area (Å²) in [7, 11) is 5.82. The van der Waals surface area contributed by atoms with Crippen LogP contribution in [0.3, 0.4) is 0 Å². The first-order chi connectivity index (χ1) is 5.16. The van der Waals surface area contributed by atoms with Gasteiger partial charge in [-0.15, -0.1) is 0 Å². The van der Waals surface area contributed by atoms with Crippen LogP contribution in [0.15, 0.2) is 0 Å². The molecule has 0 bridgehead atoms. The van der Waals surface area contributed by atoms with Crippen molar-refractivity contribution in [3.8, 4) is 0 Å². The predicted molar refractivity (Wildman–Crippen MR) is 49.1 cm³/mol. The molecule has 0 aliphatic carbocycles. The Balaban J connectivity index is 3.22. The fourth-order valence-corrected chi connectivity index (χ4v) is 1.61. The Morgan fingerprint density at radius 1 is 1.55 bits per heavy atom. The highest BCUT2D eigenvalue weighted by Gasteiger charge is 2.03. The monoisotopic (exact) mass is 198 g/mol. The Hall–Kier alpha value is 0.400. The lowest BCUT2D eigenvalue weighted by molar-refractivity contribution is 0.179. The number of hydrogen-bond acceptors (Lipinski definition) is 2. The van der Waals surface area contributed by atoms with Gasteiger partial charge in [-0.1, -0.05) is 6.92 Å². The molecule has 2 nitrogen and oxygen atoms in total. The minimum absolute atomic E-state index is 0.553. The lowest BCUT2D eigenvalue weighted by atomic mass is 10.1. The molecule has 11 heavy (non-hydrogen) atoms. The van der Waals surface area contributed by atoms with Crippen LogP contribution in [0.4, 0.5) is 0 Å². The van der Waals surface area contributed by atoms with Gasteiger partial charge in [-0.3, -0.25) is 0 Å². The highest BCUT2D eigenvalue weighted by molar-refractivity contribution is 8.08. The van der Waals surface area contributed by atoms with Gasteiger partial charge in [0, 0.05) is 19.5 Å². The summed E-state index contributed by atoms with van der Waals surface area (Å²) in [5.74, 6) is 1.14. The second-order valence-electron chi connectivity index (χ2n) is 2.67. The molecule has 2 unspecified atom stereocenters. The zero-order chi connectivity index (χ0) is 8.69. The fraction of sp³-hybridized carbons (Fsp3) is 1.00. The van der Waals surface area contributed by atoms with E-state index in [1.165, 1.54) is 0 Å². The third kappa shape index (κ3) is 8.30. The van der Waals surface area contributed by atoms with E-state index in [-0.39, 0.29) is 0 Å². The smallest absolute Gasteiger partial charge is 0.114 e. The Bertz CT molecular complexity index is 119. The number of hydrogen-bond donors (Lipinski definition) is 0. The van der Waals surface area contributed by atoms with Crippen LogP contribution in [-0.4, -0.2) is 23.7 Å². The minimum Gasteiger partial charge on any atom is -0.385 e. The molecule has 0 amide bonds. The second-order valence-corrected chi connectivity index (χ2v) is 4.69. The van der Waals surface area contributed by atoms with Gasteiger partial charge in [0.05, 0.1) is 0 Å². The summed E-state index contributed by atoms with van der Waals surface area (Å²) in [6.07, 6.45) is 1.93. The Morgan fingerprint density at radius 3 is 2.64 bits per heavy atom. The Labute approximate surface area is 75.2 Å². The number of rotatable bonds is 6. The maximum atomic E-state index is 10.5. The molecule has 2 atom stereocenters. The van der Waals surface area contributed by atoms with Gasteiger partial charge in [0.25, 0.3) is 0 Å². The molecular formula is C7H15ClO2S. The van der Waals surface area contributed by atoms with Crippen LogP contribution in [0.1, 0.15) is 19.8 Å². The van der Waals surface area contributed by atoms with Gasteiger partial charge in [0.15, 0.2) is 0 Å². The van der Waals surface area contributed by atoms with E-state index in [2.05, 4.69) is 6.92 Å². The minimum atomic E-state index is -1.16. The lowest BCUT2D eigenvalue weighted by Gasteiger charge is -2.07. The first-order valence-electron chi connectivity index (χ1n) is 3.70. The topological polar surface area (TPSA) is 26.3 Å². The van der Waals surface area contributed by atoms with E-state index < -0.39 is 10.0 Å². The van der Waals surface area contributed by atoms with E-state index in [0.29, 0.717) is 11.7 Å². The fourth-order valence-electron chi connectivity index (χ4n) is 0.757. The van der Waals surface area contributed by atoms with Gasteiger partial charge < -0.3 is 4.74 Å². The van der Waals surface area contributed by atoms with Gasteiger partial charge in [0.2, 0.25) is 0 Å². The van der Waals surface area contributed by atoms with Crippen LogP contribution >= 0.6 is 10.7 Å². The molecule has 0 aliphatic heterocycles. The zero-order valence-corrected chi connectivity index (χ0v) is 8.58. The van der Waals surface area contributed by atoms with Crippen LogP contribution in [0.2, 0.25) is 0 Å². The number of halogens is 1. The maximum Gasteiger partial charge on any atom is 0.114 e. The van der Waals surface area contributed by atoms with E-state index in [0.717, 1.165) is 19.4 Å². The molecular weight excluding hydrogens is 184 g/mol. The van der Waals surface area contributed by atoms with Gasteiger partial charge in [-0.2, -0.15) is 0 Å². The van der Waals surface area contributed by atoms with Crippen LogP contribution in [-0.2, 0) is 14.7 Å². The Morgan fingerprint density at radius 2 is 2.18 bits per heavy atom. The molecule has 0 saturated carbocycles. The summed E-state index contributed by atoms with van der Waals surface area (Å²) in [5, 5.41) is 0. The van der Waals surface area contributed by atoms with Crippen molar-refractivity contribution >= 4 is 20.7 Å². The van der Waals surface area contributed by atoms with Gasteiger partial charge in [-0.25, -0.2) is 4.21 Å². The summed E-state index contributed by atoms with van der Waals surface area (Å²) in [6.45, 7) is 2.89. The molecule has 0 aromatic heterocycles. The molecule has 0 heterocycles. The third-order valence-electron chi connectivity index (χ3n) is 1.59. The van der Waals surface area contributed by atoms with Crippen molar-refractivity contribution in [3.05, 3.63) is 0 Å². The molecule has 0 aromatic rings. The maximum absolute atomic E-state index is 10.5. The molecule has 0 aliphatic rings. The van der Waals surface area contributed by atoms with Crippen molar-refractivity contribution in [1.29, 1.82) is 0 Å². The van der Waals surface area contributed by atoms with Crippen LogP contribution < -0.4 is 0 Å². The number of ether oxygens (including phenoxy) is 1. The highest BCUT2D eigenvalue weighted by Crippen LogP contribution is 2.08. The van der Waals surface area contributed by atoms with Gasteiger partial charge in [-0.05, 0) is 29.4 Å². The van der Waals surface area contributed by atoms with Crippen molar-refractivity contribution in [1.82, 2.24) is 0 Å². The largest absolute Gasteiger partial charge is 0.385 e. The van der Waals surface area contributed by atoms with Crippen molar-refractivity contribution < 1.29 is 8.95 Å². The van der Waals surface area contributed by atoms with Crippen molar-refractivity contribution in [2.75, 3.05) is 19.5 Å². The molecule has 0 fully saturated rings. The predicted octanol–water partition coefficient (Wildman–Crippen LogP) is 1.95. The van der Waals surface area contributed by atoms with Crippen molar-refractivity contribution in [2.45, 2.75) is 19.8 Å². The van der Waals surface area contributed by atoms with E-state index in [4.69, 9.17) is 15.4 Å². The molecule has 0 saturated heterocycles. The van der Waals surface area contributed by atoms with Gasteiger partial charge in [0.1, 0.15) is 10.0 Å². The average molecular weight is 199 g/mol.